The van der Waals surface area contributed by atoms with E-state index in [1.165, 1.54) is 0 Å². The van der Waals surface area contributed by atoms with Gasteiger partial charge < -0.3 is 10.6 Å². The van der Waals surface area contributed by atoms with E-state index < -0.39 is 0 Å². The monoisotopic (exact) mass is 287 g/mol. The molecule has 0 bridgehead atoms. The Balaban J connectivity index is 1.99. The van der Waals surface area contributed by atoms with Gasteiger partial charge in [-0.1, -0.05) is 6.07 Å². The van der Waals surface area contributed by atoms with Gasteiger partial charge in [-0.05, 0) is 25.5 Å². The highest BCUT2D eigenvalue weighted by Gasteiger charge is 2.03. The van der Waals surface area contributed by atoms with Crippen LogP contribution in [0.25, 0.3) is 0 Å². The van der Waals surface area contributed by atoms with Crippen LogP contribution < -0.4 is 10.6 Å². The Labute approximate surface area is 124 Å². The molecule has 0 atom stereocenters. The summed E-state index contributed by atoms with van der Waals surface area (Å²) in [6, 6.07) is 3.97. The first kappa shape index (κ1) is 15.0. The summed E-state index contributed by atoms with van der Waals surface area (Å²) in [5, 5.41) is 10.5. The maximum Gasteiger partial charge on any atom is 0.192 e. The Morgan fingerprint density at radius 2 is 2.19 bits per heavy atom. The van der Waals surface area contributed by atoms with Gasteiger partial charge in [-0.2, -0.15) is 5.10 Å². The Hall–Kier alpha value is -2.44. The number of nitrogens with one attached hydrogen (secondary N) is 2. The van der Waals surface area contributed by atoms with Crippen LogP contribution in [0.4, 0.5) is 0 Å². The number of hydrogen-bond donors (Lipinski definition) is 2. The van der Waals surface area contributed by atoms with Crippen molar-refractivity contribution in [3.8, 4) is 0 Å². The molecule has 0 spiro atoms. The van der Waals surface area contributed by atoms with Crippen LogP contribution >= 0.6 is 0 Å². The first-order chi connectivity index (χ1) is 10.2. The van der Waals surface area contributed by atoms with Gasteiger partial charge >= 0.3 is 0 Å². The van der Waals surface area contributed by atoms with Gasteiger partial charge in [0.15, 0.2) is 5.96 Å². The average Bonchev–Trinajstić information content (AvgIpc) is 2.89. The highest BCUT2D eigenvalue weighted by molar-refractivity contribution is 5.79. The van der Waals surface area contributed by atoms with Crippen molar-refractivity contribution in [3.05, 3.63) is 41.7 Å². The first-order valence-corrected chi connectivity index (χ1v) is 6.96. The van der Waals surface area contributed by atoms with E-state index in [4.69, 9.17) is 0 Å². The Bertz CT molecular complexity index is 603. The molecule has 0 aromatic carbocycles. The molecule has 0 fully saturated rings. The minimum Gasteiger partial charge on any atom is -0.357 e. The van der Waals surface area contributed by atoms with E-state index in [1.807, 2.05) is 33.0 Å². The summed E-state index contributed by atoms with van der Waals surface area (Å²) in [4.78, 5) is 13.1. The van der Waals surface area contributed by atoms with Crippen LogP contribution in [0.3, 0.4) is 0 Å². The van der Waals surface area contributed by atoms with Gasteiger partial charge in [0, 0.05) is 19.8 Å². The molecule has 2 rings (SSSR count). The van der Waals surface area contributed by atoms with Gasteiger partial charge in [0.25, 0.3) is 0 Å². The van der Waals surface area contributed by atoms with Gasteiger partial charge in [0.2, 0.25) is 0 Å². The standard InChI is InChI=1S/C14H21N7/c1-4-15-14(18-9-13-19-10-20-21(13)3)17-8-12-11(2)6-5-7-16-12/h5-7,10H,4,8-9H2,1-3H3,(H2,15,17,18). The maximum absolute atomic E-state index is 4.55. The van der Waals surface area contributed by atoms with Crippen LogP contribution in [-0.4, -0.2) is 32.3 Å². The number of aliphatic imine (C=N–C) groups is 1. The summed E-state index contributed by atoms with van der Waals surface area (Å²) in [5.41, 5.74) is 2.12. The van der Waals surface area contributed by atoms with Crippen LogP contribution in [0.15, 0.2) is 29.6 Å². The predicted octanol–water partition coefficient (Wildman–Crippen LogP) is 0.774. The fourth-order valence-electron chi connectivity index (χ4n) is 1.82. The molecule has 7 nitrogen and oxygen atoms in total. The van der Waals surface area contributed by atoms with Crippen molar-refractivity contribution in [2.75, 3.05) is 6.54 Å². The van der Waals surface area contributed by atoms with Gasteiger partial charge in [0.05, 0.1) is 18.8 Å². The summed E-state index contributed by atoms with van der Waals surface area (Å²) in [7, 11) is 1.87. The summed E-state index contributed by atoms with van der Waals surface area (Å²) in [6.07, 6.45) is 3.33. The van der Waals surface area contributed by atoms with E-state index in [-0.39, 0.29) is 0 Å². The molecule has 0 aliphatic heterocycles. The highest BCUT2D eigenvalue weighted by atomic mass is 15.3. The summed E-state index contributed by atoms with van der Waals surface area (Å²) in [5.74, 6) is 1.60. The largest absolute Gasteiger partial charge is 0.357 e. The zero-order valence-electron chi connectivity index (χ0n) is 12.7. The van der Waals surface area contributed by atoms with Crippen LogP contribution in [0.1, 0.15) is 24.0 Å². The minimum absolute atomic E-state index is 0.542. The fourth-order valence-corrected chi connectivity index (χ4v) is 1.82. The molecular formula is C14H21N7. The third-order valence-corrected chi connectivity index (χ3v) is 3.07. The van der Waals surface area contributed by atoms with Gasteiger partial charge in [-0.15, -0.1) is 0 Å². The van der Waals surface area contributed by atoms with E-state index in [2.05, 4.69) is 30.7 Å². The van der Waals surface area contributed by atoms with Crippen LogP contribution in [0, 0.1) is 6.92 Å². The van der Waals surface area contributed by atoms with Gasteiger partial charge in [-0.25, -0.2) is 9.98 Å². The van der Waals surface area contributed by atoms with E-state index >= 15 is 0 Å². The van der Waals surface area contributed by atoms with Crippen molar-refractivity contribution in [1.82, 2.24) is 30.4 Å². The molecule has 0 saturated heterocycles. The Morgan fingerprint density at radius 1 is 1.33 bits per heavy atom. The molecule has 0 unspecified atom stereocenters. The number of aromatic nitrogens is 4. The molecule has 0 radical (unpaired) electrons. The fraction of sp³-hybridized carbons (Fsp3) is 0.429. The number of hydrogen-bond acceptors (Lipinski definition) is 4. The van der Waals surface area contributed by atoms with E-state index in [0.29, 0.717) is 13.1 Å². The van der Waals surface area contributed by atoms with Crippen molar-refractivity contribution < 1.29 is 0 Å². The predicted molar refractivity (Wildman–Crippen MR) is 81.6 cm³/mol. The van der Waals surface area contributed by atoms with E-state index in [9.17, 15) is 0 Å². The third-order valence-electron chi connectivity index (χ3n) is 3.07. The molecular weight excluding hydrogens is 266 g/mol. The maximum atomic E-state index is 4.55. The molecule has 112 valence electrons. The smallest absolute Gasteiger partial charge is 0.192 e. The van der Waals surface area contributed by atoms with Gasteiger partial charge in [0.1, 0.15) is 12.2 Å². The Morgan fingerprint density at radius 3 is 2.86 bits per heavy atom. The molecule has 7 heteroatoms. The lowest BCUT2D eigenvalue weighted by Gasteiger charge is -2.11. The molecule has 0 aliphatic rings. The SMILES string of the molecule is CCNC(=NCc1ncccc1C)NCc1ncnn1C. The van der Waals surface area contributed by atoms with Crippen molar-refractivity contribution in [3.63, 3.8) is 0 Å². The second-order valence-corrected chi connectivity index (χ2v) is 4.62. The number of pyridine rings is 1. The second kappa shape index (κ2) is 7.37. The number of aryl methyl sites for hydroxylation is 2. The number of nitrogens with zero attached hydrogens (tertiary/aromatic N) is 5. The van der Waals surface area contributed by atoms with Gasteiger partial charge in [-0.3, -0.25) is 9.67 Å². The highest BCUT2D eigenvalue weighted by Crippen LogP contribution is 2.04. The summed E-state index contributed by atoms with van der Waals surface area (Å²) < 4.78 is 1.74. The number of rotatable bonds is 5. The topological polar surface area (TPSA) is 80.0 Å². The average molecular weight is 287 g/mol. The molecule has 0 aliphatic carbocycles. The lowest BCUT2D eigenvalue weighted by molar-refractivity contribution is 0.672. The Kier molecular flexibility index (Phi) is 5.25. The zero-order valence-corrected chi connectivity index (χ0v) is 12.7. The molecule has 2 heterocycles. The van der Waals surface area contributed by atoms with Crippen molar-refractivity contribution in [2.24, 2.45) is 12.0 Å². The quantitative estimate of drug-likeness (QED) is 0.627. The van der Waals surface area contributed by atoms with Crippen LogP contribution in [0.2, 0.25) is 0 Å². The summed E-state index contributed by atoms with van der Waals surface area (Å²) >= 11 is 0. The molecule has 2 aromatic heterocycles. The molecule has 0 saturated carbocycles. The van der Waals surface area contributed by atoms with Crippen molar-refractivity contribution >= 4 is 5.96 Å². The second-order valence-electron chi connectivity index (χ2n) is 4.62. The van der Waals surface area contributed by atoms with E-state index in [1.54, 1.807) is 17.2 Å². The van der Waals surface area contributed by atoms with Crippen LogP contribution in [-0.2, 0) is 20.1 Å². The lowest BCUT2D eigenvalue weighted by atomic mass is 10.2. The van der Waals surface area contributed by atoms with Crippen LogP contribution in [0.5, 0.6) is 0 Å². The van der Waals surface area contributed by atoms with E-state index in [0.717, 1.165) is 29.6 Å². The molecule has 0 amide bonds. The minimum atomic E-state index is 0.542. The summed E-state index contributed by atoms with van der Waals surface area (Å²) in [6.45, 7) is 5.99. The first-order valence-electron chi connectivity index (χ1n) is 6.96. The number of guanidine groups is 1. The molecule has 2 N–H and O–H groups in total. The lowest BCUT2D eigenvalue weighted by Crippen LogP contribution is -2.37. The molecule has 2 aromatic rings. The zero-order chi connectivity index (χ0) is 15.1. The van der Waals surface area contributed by atoms with Crippen molar-refractivity contribution in [2.45, 2.75) is 26.9 Å². The molecule has 21 heavy (non-hydrogen) atoms. The van der Waals surface area contributed by atoms with Crippen molar-refractivity contribution in [1.29, 1.82) is 0 Å². The third kappa shape index (κ3) is 4.27. The normalized spacial score (nSPS) is 11.5.